The third-order valence-electron chi connectivity index (χ3n) is 4.84. The molecule has 0 atom stereocenters. The smallest absolute Gasteiger partial charge is 0.287 e. The molecule has 0 saturated heterocycles. The van der Waals surface area contributed by atoms with Gasteiger partial charge < -0.3 is 15.3 Å². The van der Waals surface area contributed by atoms with Gasteiger partial charge in [-0.05, 0) is 42.0 Å². The van der Waals surface area contributed by atoms with Crippen LogP contribution in [-0.2, 0) is 4.79 Å². The first kappa shape index (κ1) is 24.6. The maximum absolute atomic E-state index is 12.9. The summed E-state index contributed by atoms with van der Waals surface area (Å²) in [7, 11) is 3.81. The van der Waals surface area contributed by atoms with Crippen molar-refractivity contribution in [3.05, 3.63) is 105 Å². The lowest BCUT2D eigenvalue weighted by atomic mass is 10.1. The molecule has 0 aromatic heterocycles. The molecule has 0 heterocycles. The van der Waals surface area contributed by atoms with Crippen LogP contribution in [0.4, 0.5) is 11.4 Å². The van der Waals surface area contributed by atoms with Gasteiger partial charge >= 0.3 is 0 Å². The zero-order chi connectivity index (χ0) is 25.4. The number of hydrogen-bond donors (Lipinski definition) is 3. The molecular formula is C25H23N5O5. The van der Waals surface area contributed by atoms with Crippen LogP contribution in [0.1, 0.15) is 21.5 Å². The van der Waals surface area contributed by atoms with Crippen molar-refractivity contribution in [3.63, 3.8) is 0 Å². The Kier molecular flexibility index (Phi) is 7.91. The Morgan fingerprint density at radius 1 is 1.03 bits per heavy atom. The van der Waals surface area contributed by atoms with Gasteiger partial charge in [-0.1, -0.05) is 30.3 Å². The molecule has 0 spiro atoms. The lowest BCUT2D eigenvalue weighted by Gasteiger charge is -2.12. The molecule has 10 heteroatoms. The molecule has 10 nitrogen and oxygen atoms in total. The monoisotopic (exact) mass is 473 g/mol. The SMILES string of the molecule is CN(C)c1ccc(/C=C(\NC(=O)c2ccccc2)C(=O)N/N=C\c2cc([N+](=O)[O-])ccc2O)cc1. The molecule has 35 heavy (non-hydrogen) atoms. The van der Waals surface area contributed by atoms with Gasteiger partial charge in [0.1, 0.15) is 11.4 Å². The van der Waals surface area contributed by atoms with E-state index >= 15 is 0 Å². The van der Waals surface area contributed by atoms with E-state index < -0.39 is 16.7 Å². The second-order valence-electron chi connectivity index (χ2n) is 7.56. The lowest BCUT2D eigenvalue weighted by Crippen LogP contribution is -2.32. The zero-order valence-electron chi connectivity index (χ0n) is 19.0. The van der Waals surface area contributed by atoms with Crippen LogP contribution in [0, 0.1) is 10.1 Å². The molecule has 0 fully saturated rings. The molecule has 0 unspecified atom stereocenters. The molecular weight excluding hydrogens is 450 g/mol. The van der Waals surface area contributed by atoms with Crippen LogP contribution in [0.15, 0.2) is 83.6 Å². The highest BCUT2D eigenvalue weighted by atomic mass is 16.6. The fourth-order valence-electron chi connectivity index (χ4n) is 2.96. The van der Waals surface area contributed by atoms with E-state index in [0.717, 1.165) is 30.1 Å². The number of hydrazone groups is 1. The Labute approximate surface area is 201 Å². The Morgan fingerprint density at radius 3 is 2.34 bits per heavy atom. The molecule has 2 amide bonds. The van der Waals surface area contributed by atoms with Crippen molar-refractivity contribution < 1.29 is 19.6 Å². The fraction of sp³-hybridized carbons (Fsp3) is 0.0800. The number of aromatic hydroxyl groups is 1. The first-order valence-electron chi connectivity index (χ1n) is 10.4. The van der Waals surface area contributed by atoms with Gasteiger partial charge in [-0.15, -0.1) is 0 Å². The van der Waals surface area contributed by atoms with Gasteiger partial charge in [0.05, 0.1) is 11.1 Å². The van der Waals surface area contributed by atoms with Crippen LogP contribution >= 0.6 is 0 Å². The fourth-order valence-corrected chi connectivity index (χ4v) is 2.96. The summed E-state index contributed by atoms with van der Waals surface area (Å²) in [6.07, 6.45) is 2.57. The van der Waals surface area contributed by atoms with Crippen molar-refractivity contribution in [2.45, 2.75) is 0 Å². The van der Waals surface area contributed by atoms with E-state index in [9.17, 15) is 24.8 Å². The molecule has 0 aliphatic carbocycles. The van der Waals surface area contributed by atoms with E-state index in [2.05, 4.69) is 15.8 Å². The van der Waals surface area contributed by atoms with Gasteiger partial charge in [0.25, 0.3) is 17.5 Å². The standard InChI is InChI=1S/C25H23N5O5/c1-29(2)20-10-8-17(9-11-20)14-22(27-24(32)18-6-4-3-5-7-18)25(33)28-26-16-19-15-21(30(34)35)12-13-23(19)31/h3-16,31H,1-2H3,(H,27,32)(H,28,33)/b22-14-,26-16-. The molecule has 0 aliphatic rings. The molecule has 0 radical (unpaired) electrons. The normalized spacial score (nSPS) is 11.2. The highest BCUT2D eigenvalue weighted by molar-refractivity contribution is 6.05. The summed E-state index contributed by atoms with van der Waals surface area (Å²) >= 11 is 0. The molecule has 3 aromatic rings. The van der Waals surface area contributed by atoms with Crippen molar-refractivity contribution in [2.24, 2.45) is 5.10 Å². The number of amides is 2. The molecule has 3 aromatic carbocycles. The predicted molar refractivity (Wildman–Crippen MR) is 133 cm³/mol. The van der Waals surface area contributed by atoms with Crippen molar-refractivity contribution in [3.8, 4) is 5.75 Å². The summed E-state index contributed by atoms with van der Waals surface area (Å²) < 4.78 is 0. The summed E-state index contributed by atoms with van der Waals surface area (Å²) in [5.74, 6) is -1.47. The van der Waals surface area contributed by atoms with Crippen LogP contribution in [0.5, 0.6) is 5.75 Å². The number of phenolic OH excluding ortho intramolecular Hbond substituents is 1. The topological polar surface area (TPSA) is 137 Å². The molecule has 0 aliphatic heterocycles. The average molecular weight is 473 g/mol. The maximum atomic E-state index is 12.9. The minimum absolute atomic E-state index is 0.0395. The molecule has 3 rings (SSSR count). The van der Waals surface area contributed by atoms with Crippen molar-refractivity contribution in [1.82, 2.24) is 10.7 Å². The van der Waals surface area contributed by atoms with Gasteiger partial charge in [-0.2, -0.15) is 5.10 Å². The van der Waals surface area contributed by atoms with Gasteiger partial charge in [0, 0.05) is 43.0 Å². The Bertz CT molecular complexity index is 1290. The summed E-state index contributed by atoms with van der Waals surface area (Å²) in [4.78, 5) is 37.8. The van der Waals surface area contributed by atoms with Gasteiger partial charge in [-0.25, -0.2) is 5.43 Å². The number of carbonyl (C=O) groups is 2. The van der Waals surface area contributed by atoms with Crippen LogP contribution in [0.25, 0.3) is 6.08 Å². The van der Waals surface area contributed by atoms with Crippen LogP contribution in [0.2, 0.25) is 0 Å². The highest BCUT2D eigenvalue weighted by Gasteiger charge is 2.15. The maximum Gasteiger partial charge on any atom is 0.287 e. The number of phenols is 1. The number of benzene rings is 3. The van der Waals surface area contributed by atoms with Crippen LogP contribution in [-0.4, -0.2) is 42.2 Å². The number of rotatable bonds is 8. The van der Waals surface area contributed by atoms with E-state index in [0.29, 0.717) is 11.1 Å². The first-order chi connectivity index (χ1) is 16.7. The number of anilines is 1. The number of carbonyl (C=O) groups excluding carboxylic acids is 2. The highest BCUT2D eigenvalue weighted by Crippen LogP contribution is 2.21. The first-order valence-corrected chi connectivity index (χ1v) is 10.4. The van der Waals surface area contributed by atoms with Gasteiger partial charge in [-0.3, -0.25) is 19.7 Å². The number of nitrogens with zero attached hydrogens (tertiary/aromatic N) is 3. The summed E-state index contributed by atoms with van der Waals surface area (Å²) in [5.41, 5.74) is 3.98. The Morgan fingerprint density at radius 2 is 1.71 bits per heavy atom. The zero-order valence-corrected chi connectivity index (χ0v) is 19.0. The molecule has 178 valence electrons. The van der Waals surface area contributed by atoms with Crippen LogP contribution < -0.4 is 15.6 Å². The third kappa shape index (κ3) is 6.75. The number of nitro benzene ring substituents is 1. The molecule has 0 bridgehead atoms. The van der Waals surface area contributed by atoms with Crippen LogP contribution in [0.3, 0.4) is 0 Å². The van der Waals surface area contributed by atoms with Crippen molar-refractivity contribution in [2.75, 3.05) is 19.0 Å². The van der Waals surface area contributed by atoms with Crippen molar-refractivity contribution in [1.29, 1.82) is 0 Å². The summed E-state index contributed by atoms with van der Waals surface area (Å²) in [5, 5.41) is 27.2. The Balaban J connectivity index is 1.84. The number of hydrogen-bond acceptors (Lipinski definition) is 7. The van der Waals surface area contributed by atoms with E-state index in [1.807, 2.05) is 31.1 Å². The number of non-ortho nitro benzene ring substituents is 1. The number of nitrogens with one attached hydrogen (secondary N) is 2. The summed E-state index contributed by atoms with van der Waals surface area (Å²) in [6.45, 7) is 0. The molecule has 3 N–H and O–H groups in total. The number of nitro groups is 1. The second-order valence-corrected chi connectivity index (χ2v) is 7.56. The van der Waals surface area contributed by atoms with E-state index in [4.69, 9.17) is 0 Å². The van der Waals surface area contributed by atoms with Gasteiger partial charge in [0.15, 0.2) is 0 Å². The van der Waals surface area contributed by atoms with Gasteiger partial charge in [0.2, 0.25) is 0 Å². The van der Waals surface area contributed by atoms with E-state index in [-0.39, 0.29) is 22.7 Å². The quantitative estimate of drug-likeness (QED) is 0.199. The third-order valence-corrected chi connectivity index (χ3v) is 4.84. The van der Waals surface area contributed by atoms with E-state index in [1.165, 1.54) is 6.08 Å². The largest absolute Gasteiger partial charge is 0.507 e. The molecule has 0 saturated carbocycles. The minimum atomic E-state index is -0.730. The second kappa shape index (κ2) is 11.2. The summed E-state index contributed by atoms with van der Waals surface area (Å²) in [6, 6.07) is 19.1. The average Bonchev–Trinajstić information content (AvgIpc) is 2.85. The van der Waals surface area contributed by atoms with E-state index in [1.54, 1.807) is 42.5 Å². The predicted octanol–water partition coefficient (Wildman–Crippen LogP) is 3.29. The minimum Gasteiger partial charge on any atom is -0.507 e. The lowest BCUT2D eigenvalue weighted by molar-refractivity contribution is -0.384. The van der Waals surface area contributed by atoms with Crippen molar-refractivity contribution >= 4 is 35.5 Å². The Hall–Kier alpha value is -4.99.